The highest BCUT2D eigenvalue weighted by atomic mass is 79.9. The van der Waals surface area contributed by atoms with Crippen molar-refractivity contribution in [1.29, 1.82) is 0 Å². The zero-order chi connectivity index (χ0) is 12.4. The van der Waals surface area contributed by atoms with Gasteiger partial charge >= 0.3 is 0 Å². The Morgan fingerprint density at radius 3 is 2.67 bits per heavy atom. The zero-order valence-corrected chi connectivity index (χ0v) is 12.4. The molecule has 3 rings (SSSR count). The van der Waals surface area contributed by atoms with Gasteiger partial charge in [0.15, 0.2) is 0 Å². The number of rotatable bonds is 2. The molecule has 0 bridgehead atoms. The molecule has 0 spiro atoms. The number of benzene rings is 1. The van der Waals surface area contributed by atoms with Crippen molar-refractivity contribution in [2.24, 2.45) is 0 Å². The molecule has 1 aromatic carbocycles. The van der Waals surface area contributed by atoms with E-state index >= 15 is 0 Å². The van der Waals surface area contributed by atoms with Crippen molar-refractivity contribution >= 4 is 21.6 Å². The lowest BCUT2D eigenvalue weighted by Crippen LogP contribution is -2.28. The van der Waals surface area contributed by atoms with E-state index in [9.17, 15) is 0 Å². The Morgan fingerprint density at radius 1 is 1.17 bits per heavy atom. The highest BCUT2D eigenvalue weighted by molar-refractivity contribution is 9.10. The first-order valence-electron chi connectivity index (χ1n) is 7.10. The molecule has 0 amide bonds. The van der Waals surface area contributed by atoms with Gasteiger partial charge in [-0.05, 0) is 71.8 Å². The maximum atomic E-state index is 3.76. The van der Waals surface area contributed by atoms with Crippen LogP contribution in [0, 0.1) is 0 Å². The van der Waals surface area contributed by atoms with Crippen molar-refractivity contribution in [2.75, 3.05) is 31.1 Å². The highest BCUT2D eigenvalue weighted by Crippen LogP contribution is 2.33. The molecule has 2 aliphatic heterocycles. The third kappa shape index (κ3) is 2.57. The molecule has 0 saturated carbocycles. The predicted molar refractivity (Wildman–Crippen MR) is 80.4 cm³/mol. The summed E-state index contributed by atoms with van der Waals surface area (Å²) in [6.45, 7) is 4.74. The number of nitrogens with one attached hydrogen (secondary N) is 1. The van der Waals surface area contributed by atoms with Crippen molar-refractivity contribution in [3.63, 3.8) is 0 Å². The van der Waals surface area contributed by atoms with E-state index < -0.39 is 0 Å². The van der Waals surface area contributed by atoms with Gasteiger partial charge in [0.05, 0.1) is 5.69 Å². The van der Waals surface area contributed by atoms with Gasteiger partial charge in [0.25, 0.3) is 0 Å². The molecule has 2 saturated heterocycles. The molecule has 1 atom stereocenters. The maximum Gasteiger partial charge on any atom is 0.0510 e. The Balaban J connectivity index is 1.79. The van der Waals surface area contributed by atoms with Gasteiger partial charge in [-0.2, -0.15) is 0 Å². The van der Waals surface area contributed by atoms with Gasteiger partial charge in [0, 0.05) is 24.1 Å². The molecule has 1 unspecified atom stereocenters. The minimum absolute atomic E-state index is 0.697. The summed E-state index contributed by atoms with van der Waals surface area (Å²) < 4.78 is 1.27. The highest BCUT2D eigenvalue weighted by Gasteiger charge is 2.18. The molecular formula is C15H21BrN2. The van der Waals surface area contributed by atoms with E-state index in [2.05, 4.69) is 44.3 Å². The fourth-order valence-corrected chi connectivity index (χ4v) is 3.78. The summed E-state index contributed by atoms with van der Waals surface area (Å²) in [5, 5.41) is 3.50. The number of piperidine rings is 1. The van der Waals surface area contributed by atoms with Crippen LogP contribution in [0.1, 0.15) is 37.2 Å². The molecule has 2 nitrogen and oxygen atoms in total. The molecule has 1 aromatic rings. The number of nitrogens with zero attached hydrogens (tertiary/aromatic N) is 1. The minimum Gasteiger partial charge on any atom is -0.371 e. The van der Waals surface area contributed by atoms with Gasteiger partial charge < -0.3 is 10.2 Å². The van der Waals surface area contributed by atoms with E-state index in [1.807, 2.05) is 0 Å². The minimum atomic E-state index is 0.697. The van der Waals surface area contributed by atoms with E-state index in [0.29, 0.717) is 5.92 Å². The summed E-state index contributed by atoms with van der Waals surface area (Å²) in [4.78, 5) is 2.49. The first kappa shape index (κ1) is 12.5. The van der Waals surface area contributed by atoms with Crippen LogP contribution in [-0.4, -0.2) is 26.2 Å². The van der Waals surface area contributed by atoms with Crippen LogP contribution in [0.2, 0.25) is 0 Å². The molecule has 3 heteroatoms. The average molecular weight is 309 g/mol. The van der Waals surface area contributed by atoms with Crippen LogP contribution in [0.5, 0.6) is 0 Å². The van der Waals surface area contributed by atoms with Gasteiger partial charge in [0.2, 0.25) is 0 Å². The lowest BCUT2D eigenvalue weighted by Gasteiger charge is -2.25. The summed E-state index contributed by atoms with van der Waals surface area (Å²) in [6.07, 6.45) is 5.29. The van der Waals surface area contributed by atoms with Gasteiger partial charge in [0.1, 0.15) is 0 Å². The fourth-order valence-electron chi connectivity index (χ4n) is 3.13. The van der Waals surface area contributed by atoms with E-state index in [1.54, 1.807) is 0 Å². The molecule has 1 N–H and O–H groups in total. The Bertz CT molecular complexity index is 407. The molecule has 2 aliphatic rings. The molecule has 2 fully saturated rings. The fraction of sp³-hybridized carbons (Fsp3) is 0.600. The SMILES string of the molecule is Brc1cc(C2CCCNC2)ccc1N1CCCC1. The van der Waals surface area contributed by atoms with Crippen LogP contribution in [0.4, 0.5) is 5.69 Å². The summed E-state index contributed by atoms with van der Waals surface area (Å²) in [5.74, 6) is 0.697. The van der Waals surface area contributed by atoms with Crippen LogP contribution >= 0.6 is 15.9 Å². The van der Waals surface area contributed by atoms with Crippen molar-refractivity contribution < 1.29 is 0 Å². The van der Waals surface area contributed by atoms with Gasteiger partial charge in [-0.25, -0.2) is 0 Å². The van der Waals surface area contributed by atoms with Gasteiger partial charge in [-0.3, -0.25) is 0 Å². The monoisotopic (exact) mass is 308 g/mol. The van der Waals surface area contributed by atoms with E-state index in [1.165, 1.54) is 61.0 Å². The first-order valence-corrected chi connectivity index (χ1v) is 7.89. The molecule has 98 valence electrons. The second kappa shape index (κ2) is 5.62. The van der Waals surface area contributed by atoms with Crippen molar-refractivity contribution in [3.05, 3.63) is 28.2 Å². The smallest absolute Gasteiger partial charge is 0.0510 e. The van der Waals surface area contributed by atoms with Crippen molar-refractivity contribution in [1.82, 2.24) is 5.32 Å². The largest absolute Gasteiger partial charge is 0.371 e. The zero-order valence-electron chi connectivity index (χ0n) is 10.8. The van der Waals surface area contributed by atoms with Crippen LogP contribution < -0.4 is 10.2 Å². The Hall–Kier alpha value is -0.540. The quantitative estimate of drug-likeness (QED) is 0.899. The maximum absolute atomic E-state index is 3.76. The lowest BCUT2D eigenvalue weighted by atomic mass is 9.91. The van der Waals surface area contributed by atoms with Crippen LogP contribution in [0.3, 0.4) is 0 Å². The summed E-state index contributed by atoms with van der Waals surface area (Å²) in [7, 11) is 0. The number of hydrogen-bond donors (Lipinski definition) is 1. The normalized spacial score (nSPS) is 24.5. The molecule has 0 aliphatic carbocycles. The van der Waals surface area contributed by atoms with Gasteiger partial charge in [-0.1, -0.05) is 6.07 Å². The number of anilines is 1. The average Bonchev–Trinajstić information content (AvgIpc) is 2.93. The molecule has 18 heavy (non-hydrogen) atoms. The van der Waals surface area contributed by atoms with E-state index in [0.717, 1.165) is 6.54 Å². The summed E-state index contributed by atoms with van der Waals surface area (Å²) >= 11 is 3.76. The molecular weight excluding hydrogens is 288 g/mol. The van der Waals surface area contributed by atoms with Crippen LogP contribution in [0.25, 0.3) is 0 Å². The standard InChI is InChI=1S/C15H21BrN2/c16-14-10-12(13-4-3-7-17-11-13)5-6-15(14)18-8-1-2-9-18/h5-6,10,13,17H,1-4,7-9,11H2. The van der Waals surface area contributed by atoms with E-state index in [4.69, 9.17) is 0 Å². The third-order valence-corrected chi connectivity index (χ3v) is 4.82. The molecule has 0 aromatic heterocycles. The Morgan fingerprint density at radius 2 is 2.00 bits per heavy atom. The number of halogens is 1. The van der Waals surface area contributed by atoms with Crippen molar-refractivity contribution in [2.45, 2.75) is 31.6 Å². The summed E-state index contributed by atoms with van der Waals surface area (Å²) in [6, 6.07) is 6.97. The topological polar surface area (TPSA) is 15.3 Å². The third-order valence-electron chi connectivity index (χ3n) is 4.19. The van der Waals surface area contributed by atoms with Crippen molar-refractivity contribution in [3.8, 4) is 0 Å². The predicted octanol–water partition coefficient (Wildman–Crippen LogP) is 3.52. The summed E-state index contributed by atoms with van der Waals surface area (Å²) in [5.41, 5.74) is 2.86. The van der Waals surface area contributed by atoms with Crippen LogP contribution in [-0.2, 0) is 0 Å². The molecule has 2 heterocycles. The molecule has 0 radical (unpaired) electrons. The Labute approximate surface area is 118 Å². The van der Waals surface area contributed by atoms with E-state index in [-0.39, 0.29) is 0 Å². The van der Waals surface area contributed by atoms with Gasteiger partial charge in [-0.15, -0.1) is 0 Å². The lowest BCUT2D eigenvalue weighted by molar-refractivity contribution is 0.461. The second-order valence-electron chi connectivity index (χ2n) is 5.45. The second-order valence-corrected chi connectivity index (χ2v) is 6.30. The Kier molecular flexibility index (Phi) is 3.90. The first-order chi connectivity index (χ1) is 8.84. The number of hydrogen-bond acceptors (Lipinski definition) is 2. The van der Waals surface area contributed by atoms with Crippen LogP contribution in [0.15, 0.2) is 22.7 Å².